The van der Waals surface area contributed by atoms with E-state index in [4.69, 9.17) is 4.74 Å². The van der Waals surface area contributed by atoms with Gasteiger partial charge in [0.05, 0.1) is 0 Å². The summed E-state index contributed by atoms with van der Waals surface area (Å²) in [6, 6.07) is 11.2. The van der Waals surface area contributed by atoms with Gasteiger partial charge in [-0.25, -0.2) is 4.79 Å². The van der Waals surface area contributed by atoms with E-state index in [2.05, 4.69) is 5.32 Å². The Labute approximate surface area is 133 Å². The Morgan fingerprint density at radius 3 is 2.55 bits per heavy atom. The first-order valence-corrected chi connectivity index (χ1v) is 8.13. The van der Waals surface area contributed by atoms with Gasteiger partial charge in [-0.05, 0) is 36.8 Å². The highest BCUT2D eigenvalue weighted by molar-refractivity contribution is 7.12. The van der Waals surface area contributed by atoms with E-state index in [9.17, 15) is 9.59 Å². The summed E-state index contributed by atoms with van der Waals surface area (Å²) < 4.78 is 5.51. The van der Waals surface area contributed by atoms with Gasteiger partial charge in [-0.2, -0.15) is 0 Å². The molecule has 1 fully saturated rings. The minimum atomic E-state index is -0.907. The smallest absolute Gasteiger partial charge is 0.349 e. The molecule has 5 heteroatoms. The molecular weight excluding hydrogens is 298 g/mol. The molecule has 1 aromatic carbocycles. The molecule has 1 aromatic heterocycles. The van der Waals surface area contributed by atoms with Crippen molar-refractivity contribution in [3.63, 3.8) is 0 Å². The van der Waals surface area contributed by atoms with Crippen LogP contribution in [0.3, 0.4) is 0 Å². The summed E-state index contributed by atoms with van der Waals surface area (Å²) in [5.74, 6) is -0.705. The van der Waals surface area contributed by atoms with Crippen molar-refractivity contribution in [3.05, 3.63) is 57.8 Å². The van der Waals surface area contributed by atoms with Gasteiger partial charge in [-0.15, -0.1) is 11.3 Å². The van der Waals surface area contributed by atoms with Gasteiger partial charge in [0.2, 0.25) is 6.10 Å². The van der Waals surface area contributed by atoms with E-state index in [1.807, 2.05) is 36.6 Å². The maximum absolute atomic E-state index is 12.4. The van der Waals surface area contributed by atoms with E-state index in [0.717, 1.165) is 18.4 Å². The fourth-order valence-corrected chi connectivity index (χ4v) is 2.95. The van der Waals surface area contributed by atoms with E-state index in [-0.39, 0.29) is 11.9 Å². The number of carbonyl (C=O) groups is 2. The third-order valence-corrected chi connectivity index (χ3v) is 4.53. The number of nitrogens with one attached hydrogen (secondary N) is 1. The number of rotatable bonds is 5. The van der Waals surface area contributed by atoms with Gasteiger partial charge in [0.1, 0.15) is 4.88 Å². The molecule has 1 aliphatic carbocycles. The minimum absolute atomic E-state index is 0.223. The van der Waals surface area contributed by atoms with Crippen LogP contribution in [0.4, 0.5) is 0 Å². The van der Waals surface area contributed by atoms with Crippen molar-refractivity contribution in [2.24, 2.45) is 0 Å². The van der Waals surface area contributed by atoms with E-state index < -0.39 is 12.1 Å². The summed E-state index contributed by atoms with van der Waals surface area (Å²) in [6.45, 7) is 1.86. The van der Waals surface area contributed by atoms with Gasteiger partial charge in [-0.1, -0.05) is 30.3 Å². The normalized spacial score (nSPS) is 15.1. The maximum Gasteiger partial charge on any atom is 0.349 e. The Hall–Kier alpha value is -2.14. The SMILES string of the molecule is Cc1ccsc1C(=O)O[C@H](C(=O)NC1CC1)c1ccccc1. The lowest BCUT2D eigenvalue weighted by Crippen LogP contribution is -2.33. The number of ether oxygens (including phenoxy) is 1. The summed E-state index contributed by atoms with van der Waals surface area (Å²) >= 11 is 1.33. The second-order valence-corrected chi connectivity index (χ2v) is 6.33. The number of hydrogen-bond donors (Lipinski definition) is 1. The molecule has 1 amide bonds. The molecule has 0 bridgehead atoms. The van der Waals surface area contributed by atoms with Gasteiger partial charge in [0, 0.05) is 11.6 Å². The van der Waals surface area contributed by atoms with Crippen LogP contribution in [0, 0.1) is 6.92 Å². The van der Waals surface area contributed by atoms with Crippen molar-refractivity contribution >= 4 is 23.2 Å². The van der Waals surface area contributed by atoms with Crippen LogP contribution in [-0.4, -0.2) is 17.9 Å². The Morgan fingerprint density at radius 1 is 1.23 bits per heavy atom. The molecule has 1 N–H and O–H groups in total. The Kier molecular flexibility index (Phi) is 4.24. The van der Waals surface area contributed by atoms with Crippen LogP contribution in [0.5, 0.6) is 0 Å². The number of carbonyl (C=O) groups excluding carboxylic acids is 2. The average Bonchev–Trinajstić information content (AvgIpc) is 3.23. The van der Waals surface area contributed by atoms with E-state index in [1.54, 1.807) is 12.1 Å². The number of thiophene rings is 1. The van der Waals surface area contributed by atoms with Gasteiger partial charge in [0.25, 0.3) is 5.91 Å². The van der Waals surface area contributed by atoms with E-state index in [0.29, 0.717) is 10.4 Å². The van der Waals surface area contributed by atoms with Crippen LogP contribution in [0.25, 0.3) is 0 Å². The summed E-state index contributed by atoms with van der Waals surface area (Å²) in [6.07, 6.45) is 1.08. The highest BCUT2D eigenvalue weighted by atomic mass is 32.1. The molecule has 0 radical (unpaired) electrons. The lowest BCUT2D eigenvalue weighted by atomic mass is 10.1. The van der Waals surface area contributed by atoms with Gasteiger partial charge in [-0.3, -0.25) is 4.79 Å². The lowest BCUT2D eigenvalue weighted by molar-refractivity contribution is -0.130. The number of hydrogen-bond acceptors (Lipinski definition) is 4. The number of esters is 1. The molecule has 1 saturated carbocycles. The average molecular weight is 315 g/mol. The number of aryl methyl sites for hydroxylation is 1. The standard InChI is InChI=1S/C17H17NO3S/c1-11-9-10-22-15(11)17(20)21-14(12-5-3-2-4-6-12)16(19)18-13-7-8-13/h2-6,9-10,13-14H,7-8H2,1H3,(H,18,19)/t14-/m0/s1. The summed E-state index contributed by atoms with van der Waals surface area (Å²) in [5.41, 5.74) is 1.55. The molecule has 4 nitrogen and oxygen atoms in total. The monoisotopic (exact) mass is 315 g/mol. The van der Waals surface area contributed by atoms with Crippen molar-refractivity contribution in [2.75, 3.05) is 0 Å². The zero-order valence-corrected chi connectivity index (χ0v) is 13.1. The van der Waals surface area contributed by atoms with Crippen LogP contribution < -0.4 is 5.32 Å². The van der Waals surface area contributed by atoms with Gasteiger partial charge >= 0.3 is 5.97 Å². The molecule has 3 rings (SSSR count). The van der Waals surface area contributed by atoms with Gasteiger partial charge in [0.15, 0.2) is 0 Å². The van der Waals surface area contributed by atoms with E-state index >= 15 is 0 Å². The molecule has 1 heterocycles. The topological polar surface area (TPSA) is 55.4 Å². The highest BCUT2D eigenvalue weighted by Gasteiger charge is 2.31. The summed E-state index contributed by atoms with van der Waals surface area (Å²) in [7, 11) is 0. The zero-order chi connectivity index (χ0) is 15.5. The third-order valence-electron chi connectivity index (χ3n) is 3.54. The van der Waals surface area contributed by atoms with Crippen LogP contribution in [-0.2, 0) is 9.53 Å². The van der Waals surface area contributed by atoms with Crippen molar-refractivity contribution in [1.29, 1.82) is 0 Å². The van der Waals surface area contributed by atoms with Crippen molar-refractivity contribution in [2.45, 2.75) is 31.9 Å². The molecule has 2 aromatic rings. The molecule has 1 atom stereocenters. The largest absolute Gasteiger partial charge is 0.443 e. The molecule has 1 aliphatic rings. The number of amides is 1. The van der Waals surface area contributed by atoms with Crippen molar-refractivity contribution in [3.8, 4) is 0 Å². The van der Waals surface area contributed by atoms with Crippen LogP contribution in [0.15, 0.2) is 41.8 Å². The lowest BCUT2D eigenvalue weighted by Gasteiger charge is -2.17. The van der Waals surface area contributed by atoms with E-state index in [1.165, 1.54) is 11.3 Å². The number of benzene rings is 1. The van der Waals surface area contributed by atoms with Crippen LogP contribution in [0.2, 0.25) is 0 Å². The first-order valence-electron chi connectivity index (χ1n) is 7.25. The summed E-state index contributed by atoms with van der Waals surface area (Å²) in [4.78, 5) is 25.3. The third kappa shape index (κ3) is 3.36. The molecule has 0 aliphatic heterocycles. The Balaban J connectivity index is 1.80. The molecule has 0 unspecified atom stereocenters. The predicted molar refractivity (Wildman–Crippen MR) is 84.8 cm³/mol. The fourth-order valence-electron chi connectivity index (χ4n) is 2.15. The van der Waals surface area contributed by atoms with Crippen molar-refractivity contribution in [1.82, 2.24) is 5.32 Å². The molecule has 22 heavy (non-hydrogen) atoms. The second kappa shape index (κ2) is 6.32. The quantitative estimate of drug-likeness (QED) is 0.862. The van der Waals surface area contributed by atoms with Crippen LogP contribution in [0.1, 0.15) is 39.7 Å². The molecule has 114 valence electrons. The highest BCUT2D eigenvalue weighted by Crippen LogP contribution is 2.25. The zero-order valence-electron chi connectivity index (χ0n) is 12.2. The predicted octanol–water partition coefficient (Wildman–Crippen LogP) is 3.23. The van der Waals surface area contributed by atoms with Crippen LogP contribution >= 0.6 is 11.3 Å². The Morgan fingerprint density at radius 2 is 1.95 bits per heavy atom. The fraction of sp³-hybridized carbons (Fsp3) is 0.294. The second-order valence-electron chi connectivity index (χ2n) is 5.41. The maximum atomic E-state index is 12.4. The molecule has 0 saturated heterocycles. The molecule has 0 spiro atoms. The summed E-state index contributed by atoms with van der Waals surface area (Å²) in [5, 5.41) is 4.75. The first kappa shape index (κ1) is 14.8. The first-order chi connectivity index (χ1) is 10.6. The molecular formula is C17H17NO3S. The Bertz CT molecular complexity index is 676. The van der Waals surface area contributed by atoms with Gasteiger partial charge < -0.3 is 10.1 Å². The van der Waals surface area contributed by atoms with Crippen molar-refractivity contribution < 1.29 is 14.3 Å². The minimum Gasteiger partial charge on any atom is -0.443 e.